The van der Waals surface area contributed by atoms with Crippen molar-refractivity contribution in [3.05, 3.63) is 59.4 Å². The second-order valence-corrected chi connectivity index (χ2v) is 4.81. The van der Waals surface area contributed by atoms with Gasteiger partial charge in [-0.05, 0) is 13.0 Å². The van der Waals surface area contributed by atoms with Gasteiger partial charge < -0.3 is 4.74 Å². The number of hydrogen-bond acceptors (Lipinski definition) is 3. The van der Waals surface area contributed by atoms with Crippen molar-refractivity contribution in [1.29, 1.82) is 0 Å². The van der Waals surface area contributed by atoms with Crippen LogP contribution in [0.25, 0.3) is 0 Å². The number of ketones is 2. The minimum Gasteiger partial charge on any atom is -0.479 e. The molecule has 0 aromatic heterocycles. The van der Waals surface area contributed by atoms with Gasteiger partial charge in [0, 0.05) is 17.5 Å². The van der Waals surface area contributed by atoms with Crippen molar-refractivity contribution in [2.75, 3.05) is 0 Å². The summed E-state index contributed by atoms with van der Waals surface area (Å²) in [5, 5.41) is 0. The molecule has 0 N–H and O–H groups in total. The maximum atomic E-state index is 12.3. The third-order valence-electron chi connectivity index (χ3n) is 3.47. The highest BCUT2D eigenvalue weighted by Crippen LogP contribution is 2.40. The third-order valence-corrected chi connectivity index (χ3v) is 3.47. The van der Waals surface area contributed by atoms with Crippen molar-refractivity contribution in [2.45, 2.75) is 18.9 Å². The van der Waals surface area contributed by atoms with E-state index in [0.717, 1.165) is 0 Å². The fraction of sp³-hybridized carbons (Fsp3) is 0.200. The van der Waals surface area contributed by atoms with Crippen molar-refractivity contribution >= 4 is 11.6 Å². The van der Waals surface area contributed by atoms with Gasteiger partial charge in [0.15, 0.2) is 11.5 Å². The number of hydrogen-bond donors (Lipinski definition) is 0. The molecular formula is C15H12O3. The molecule has 0 amide bonds. The van der Waals surface area contributed by atoms with Crippen LogP contribution in [0.3, 0.4) is 0 Å². The third kappa shape index (κ3) is 1.30. The number of ether oxygens (including phenoxy) is 1. The van der Waals surface area contributed by atoms with Crippen LogP contribution in [0, 0.1) is 0 Å². The number of carbonyl (C=O) groups is 2. The first-order chi connectivity index (χ1) is 8.56. The molecular weight excluding hydrogens is 228 g/mol. The lowest BCUT2D eigenvalue weighted by Gasteiger charge is -2.20. The Morgan fingerprint density at radius 1 is 1.22 bits per heavy atom. The molecule has 0 radical (unpaired) electrons. The molecule has 1 aliphatic carbocycles. The van der Waals surface area contributed by atoms with Gasteiger partial charge in [0.05, 0.1) is 5.57 Å². The van der Waals surface area contributed by atoms with Gasteiger partial charge in [-0.2, -0.15) is 0 Å². The zero-order chi connectivity index (χ0) is 12.9. The molecule has 1 aromatic carbocycles. The van der Waals surface area contributed by atoms with Crippen molar-refractivity contribution in [1.82, 2.24) is 0 Å². The molecule has 1 aliphatic heterocycles. The Balaban J connectivity index is 2.15. The fourth-order valence-corrected chi connectivity index (χ4v) is 2.41. The Hall–Kier alpha value is -2.16. The van der Waals surface area contributed by atoms with Crippen LogP contribution < -0.4 is 0 Å². The van der Waals surface area contributed by atoms with Gasteiger partial charge in [-0.15, -0.1) is 0 Å². The van der Waals surface area contributed by atoms with E-state index in [1.54, 1.807) is 30.3 Å². The van der Waals surface area contributed by atoms with Crippen LogP contribution in [-0.4, -0.2) is 17.2 Å². The summed E-state index contributed by atoms with van der Waals surface area (Å²) in [7, 11) is 0. The van der Waals surface area contributed by atoms with E-state index in [0.29, 0.717) is 23.1 Å². The molecule has 3 heteroatoms. The molecule has 3 nitrogen and oxygen atoms in total. The Kier molecular flexibility index (Phi) is 2.08. The first-order valence-electron chi connectivity index (χ1n) is 5.80. The van der Waals surface area contributed by atoms with E-state index in [-0.39, 0.29) is 17.3 Å². The summed E-state index contributed by atoms with van der Waals surface area (Å²) in [5.41, 5.74) is 0.715. The van der Waals surface area contributed by atoms with E-state index in [1.807, 2.05) is 6.92 Å². The molecule has 18 heavy (non-hydrogen) atoms. The number of benzene rings is 1. The second kappa shape index (κ2) is 3.42. The molecule has 2 aliphatic rings. The number of carbonyl (C=O) groups excluding carboxylic acids is 2. The highest BCUT2D eigenvalue weighted by Gasteiger charge is 2.44. The molecule has 90 valence electrons. The van der Waals surface area contributed by atoms with Crippen molar-refractivity contribution in [3.63, 3.8) is 0 Å². The maximum Gasteiger partial charge on any atom is 0.228 e. The van der Waals surface area contributed by atoms with Crippen LogP contribution in [-0.2, 0) is 4.74 Å². The molecule has 1 aromatic rings. The summed E-state index contributed by atoms with van der Waals surface area (Å²) in [4.78, 5) is 24.6. The molecule has 1 atom stereocenters. The van der Waals surface area contributed by atoms with E-state index in [9.17, 15) is 9.59 Å². The van der Waals surface area contributed by atoms with E-state index in [2.05, 4.69) is 6.58 Å². The minimum atomic E-state index is -0.655. The van der Waals surface area contributed by atoms with E-state index >= 15 is 0 Å². The zero-order valence-electron chi connectivity index (χ0n) is 10.0. The van der Waals surface area contributed by atoms with Gasteiger partial charge in [0.1, 0.15) is 5.60 Å². The van der Waals surface area contributed by atoms with Gasteiger partial charge in [-0.3, -0.25) is 9.59 Å². The first-order valence-corrected chi connectivity index (χ1v) is 5.80. The van der Waals surface area contributed by atoms with Crippen molar-refractivity contribution < 1.29 is 14.3 Å². The summed E-state index contributed by atoms with van der Waals surface area (Å²) in [6.07, 6.45) is 2.04. The van der Waals surface area contributed by atoms with Gasteiger partial charge in [0.25, 0.3) is 0 Å². The topological polar surface area (TPSA) is 43.4 Å². The normalized spacial score (nSPS) is 25.6. The maximum absolute atomic E-state index is 12.3. The summed E-state index contributed by atoms with van der Waals surface area (Å²) in [5.74, 6) is -0.113. The summed E-state index contributed by atoms with van der Waals surface area (Å²) in [6.45, 7) is 5.52. The second-order valence-electron chi connectivity index (χ2n) is 4.81. The smallest absolute Gasteiger partial charge is 0.228 e. The van der Waals surface area contributed by atoms with E-state index in [4.69, 9.17) is 4.74 Å². The van der Waals surface area contributed by atoms with Crippen LogP contribution in [0.2, 0.25) is 0 Å². The van der Waals surface area contributed by atoms with Crippen LogP contribution in [0.4, 0.5) is 0 Å². The molecule has 3 rings (SSSR count). The van der Waals surface area contributed by atoms with Crippen LogP contribution >= 0.6 is 0 Å². The number of rotatable bonds is 1. The SMILES string of the molecule is C=CC1(C)CC2=C(O1)C(=O)c1ccccc1C2=O. The molecule has 0 saturated carbocycles. The van der Waals surface area contributed by atoms with E-state index < -0.39 is 5.60 Å². The van der Waals surface area contributed by atoms with Crippen molar-refractivity contribution in [3.8, 4) is 0 Å². The van der Waals surface area contributed by atoms with E-state index in [1.165, 1.54) is 0 Å². The molecule has 1 heterocycles. The molecule has 1 unspecified atom stereocenters. The average molecular weight is 240 g/mol. The van der Waals surface area contributed by atoms with Gasteiger partial charge in [-0.1, -0.05) is 30.8 Å². The Labute approximate surface area is 105 Å². The lowest BCUT2D eigenvalue weighted by molar-refractivity contribution is 0.0672. The fourth-order valence-electron chi connectivity index (χ4n) is 2.41. The van der Waals surface area contributed by atoms with Gasteiger partial charge in [0.2, 0.25) is 5.78 Å². The molecule has 0 bridgehead atoms. The lowest BCUT2D eigenvalue weighted by atomic mass is 9.86. The predicted molar refractivity (Wildman–Crippen MR) is 66.4 cm³/mol. The lowest BCUT2D eigenvalue weighted by Crippen LogP contribution is -2.21. The van der Waals surface area contributed by atoms with Gasteiger partial charge >= 0.3 is 0 Å². The minimum absolute atomic E-state index is 0.106. The summed E-state index contributed by atoms with van der Waals surface area (Å²) < 4.78 is 5.63. The van der Waals surface area contributed by atoms with Crippen LogP contribution in [0.15, 0.2) is 48.3 Å². The highest BCUT2D eigenvalue weighted by molar-refractivity contribution is 6.26. The zero-order valence-corrected chi connectivity index (χ0v) is 10.0. The summed E-state index contributed by atoms with van der Waals surface area (Å²) in [6, 6.07) is 6.85. The van der Waals surface area contributed by atoms with Crippen molar-refractivity contribution in [2.24, 2.45) is 0 Å². The monoisotopic (exact) mass is 240 g/mol. The number of allylic oxidation sites excluding steroid dienone is 1. The molecule has 0 saturated heterocycles. The Morgan fingerprint density at radius 2 is 1.83 bits per heavy atom. The number of fused-ring (bicyclic) bond motifs is 1. The molecule has 0 fully saturated rings. The number of Topliss-reactive ketones (excluding diaryl/α,β-unsaturated/α-hetero) is 2. The Morgan fingerprint density at radius 3 is 2.44 bits per heavy atom. The van der Waals surface area contributed by atoms with Crippen LogP contribution in [0.5, 0.6) is 0 Å². The molecule has 0 spiro atoms. The largest absolute Gasteiger partial charge is 0.479 e. The first kappa shape index (κ1) is 11.0. The van der Waals surface area contributed by atoms with Crippen LogP contribution in [0.1, 0.15) is 34.1 Å². The average Bonchev–Trinajstić information content (AvgIpc) is 2.75. The predicted octanol–water partition coefficient (Wildman–Crippen LogP) is 2.68. The quantitative estimate of drug-likeness (QED) is 0.709. The Bertz CT molecular complexity index is 575. The standard InChI is InChI=1S/C15H12O3/c1-3-15(2)8-11-12(16)9-6-4-5-7-10(9)13(17)14(11)18-15/h3-7H,1,8H2,2H3. The highest BCUT2D eigenvalue weighted by atomic mass is 16.5. The summed E-state index contributed by atoms with van der Waals surface area (Å²) >= 11 is 0. The van der Waals surface area contributed by atoms with Gasteiger partial charge in [-0.25, -0.2) is 0 Å².